The third-order valence-corrected chi connectivity index (χ3v) is 6.65. The van der Waals surface area contributed by atoms with Crippen LogP contribution in [0.25, 0.3) is 16.7 Å². The van der Waals surface area contributed by atoms with E-state index in [1.807, 2.05) is 66.9 Å². The van der Waals surface area contributed by atoms with Crippen LogP contribution >= 0.6 is 0 Å². The smallest absolute Gasteiger partial charge is 0.425 e. The van der Waals surface area contributed by atoms with Gasteiger partial charge >= 0.3 is 12.2 Å². The van der Waals surface area contributed by atoms with Crippen LogP contribution in [-0.2, 0) is 20.8 Å². The average Bonchev–Trinajstić information content (AvgIpc) is 3.46. The molecule has 2 aromatic carbocycles. The molecule has 232 valence electrons. The van der Waals surface area contributed by atoms with E-state index in [1.165, 1.54) is 6.33 Å². The average molecular weight is 602 g/mol. The quantitative estimate of drug-likeness (QED) is 0.235. The lowest BCUT2D eigenvalue weighted by Crippen LogP contribution is -2.44. The van der Waals surface area contributed by atoms with Gasteiger partial charge in [-0.3, -0.25) is 0 Å². The third-order valence-electron chi connectivity index (χ3n) is 6.65. The summed E-state index contributed by atoms with van der Waals surface area (Å²) in [6.07, 6.45) is -0.757. The first-order chi connectivity index (χ1) is 20.8. The molecule has 1 N–H and O–H groups in total. The molecule has 44 heavy (non-hydrogen) atoms. The highest BCUT2D eigenvalue weighted by Gasteiger charge is 2.38. The van der Waals surface area contributed by atoms with Crippen molar-refractivity contribution in [1.82, 2.24) is 14.5 Å². The molecule has 1 unspecified atom stereocenters. The second kappa shape index (κ2) is 11.8. The van der Waals surface area contributed by atoms with Crippen LogP contribution in [0.5, 0.6) is 11.5 Å². The minimum atomic E-state index is -0.910. The molecule has 1 aliphatic heterocycles. The fraction of sp³-hybridized carbons (Fsp3) is 0.394. The van der Waals surface area contributed by atoms with Crippen LogP contribution < -0.4 is 15.0 Å². The van der Waals surface area contributed by atoms with Gasteiger partial charge in [-0.2, -0.15) is 4.90 Å². The molecular formula is C33H39N5O6. The van der Waals surface area contributed by atoms with Gasteiger partial charge < -0.3 is 28.8 Å². The Bertz CT molecular complexity index is 1660. The number of nitrogens with one attached hydrogen (secondary N) is 1. The Morgan fingerprint density at radius 3 is 2.25 bits per heavy atom. The second-order valence-corrected chi connectivity index (χ2v) is 12.5. The van der Waals surface area contributed by atoms with Crippen LogP contribution in [-0.4, -0.2) is 44.5 Å². The van der Waals surface area contributed by atoms with E-state index in [-0.39, 0.29) is 11.9 Å². The van der Waals surface area contributed by atoms with Crippen LogP contribution in [0.2, 0.25) is 0 Å². The number of benzene rings is 2. The number of imide groups is 1. The van der Waals surface area contributed by atoms with Crippen molar-refractivity contribution in [2.24, 2.45) is 0 Å². The van der Waals surface area contributed by atoms with Crippen molar-refractivity contribution < 1.29 is 28.5 Å². The van der Waals surface area contributed by atoms with Gasteiger partial charge in [-0.25, -0.2) is 19.6 Å². The lowest BCUT2D eigenvalue weighted by atomic mass is 10.1. The van der Waals surface area contributed by atoms with Gasteiger partial charge in [0.25, 0.3) is 0 Å². The maximum atomic E-state index is 13.6. The van der Waals surface area contributed by atoms with Crippen molar-refractivity contribution >= 4 is 34.7 Å². The Hall–Kier alpha value is -4.64. The zero-order valence-electron chi connectivity index (χ0n) is 26.4. The molecule has 1 atom stereocenters. The molecule has 11 heteroatoms. The number of fused-ring (bicyclic) bond motifs is 3. The van der Waals surface area contributed by atoms with Crippen molar-refractivity contribution in [3.8, 4) is 17.2 Å². The summed E-state index contributed by atoms with van der Waals surface area (Å²) in [6.45, 7) is 15.4. The number of hydrogen-bond acceptors (Lipinski definition) is 9. The molecule has 0 saturated carbocycles. The van der Waals surface area contributed by atoms with Gasteiger partial charge in [-0.05, 0) is 91.8 Å². The van der Waals surface area contributed by atoms with E-state index < -0.39 is 23.4 Å². The van der Waals surface area contributed by atoms with Gasteiger partial charge in [0.05, 0.1) is 18.4 Å². The zero-order chi connectivity index (χ0) is 31.8. The number of carbonyl (C=O) groups is 2. The molecule has 0 aliphatic carbocycles. The number of aromatic nitrogens is 3. The molecule has 0 spiro atoms. The van der Waals surface area contributed by atoms with Gasteiger partial charge in [-0.1, -0.05) is 6.07 Å². The number of ether oxygens (including phenoxy) is 4. The number of nitrogens with zero attached hydrogens (tertiary/aromatic N) is 4. The summed E-state index contributed by atoms with van der Waals surface area (Å²) in [5, 5.41) is 3.28. The van der Waals surface area contributed by atoms with Crippen molar-refractivity contribution in [1.29, 1.82) is 0 Å². The van der Waals surface area contributed by atoms with E-state index >= 15 is 0 Å². The summed E-state index contributed by atoms with van der Waals surface area (Å²) in [7, 11) is 0. The zero-order valence-corrected chi connectivity index (χ0v) is 26.4. The Balaban J connectivity index is 1.63. The highest BCUT2D eigenvalue weighted by molar-refractivity contribution is 6.13. The lowest BCUT2D eigenvalue weighted by molar-refractivity contribution is 0.0429. The number of amides is 2. The van der Waals surface area contributed by atoms with Gasteiger partial charge in [0.2, 0.25) is 0 Å². The Morgan fingerprint density at radius 1 is 0.977 bits per heavy atom. The lowest BCUT2D eigenvalue weighted by Gasteiger charge is -2.28. The third kappa shape index (κ3) is 6.47. The first-order valence-electron chi connectivity index (χ1n) is 14.6. The van der Waals surface area contributed by atoms with Gasteiger partial charge in [0.1, 0.15) is 40.1 Å². The molecule has 0 fully saturated rings. The number of anilines is 2. The van der Waals surface area contributed by atoms with Crippen LogP contribution in [0.15, 0.2) is 54.9 Å². The van der Waals surface area contributed by atoms with Crippen LogP contribution in [0.3, 0.4) is 0 Å². The highest BCUT2D eigenvalue weighted by atomic mass is 16.6. The summed E-state index contributed by atoms with van der Waals surface area (Å²) in [4.78, 5) is 37.1. The van der Waals surface area contributed by atoms with Crippen LogP contribution in [0.1, 0.15) is 72.8 Å². The maximum absolute atomic E-state index is 13.6. The molecule has 0 radical (unpaired) electrons. The van der Waals surface area contributed by atoms with Crippen LogP contribution in [0, 0.1) is 0 Å². The fourth-order valence-corrected chi connectivity index (χ4v) is 5.01. The van der Waals surface area contributed by atoms with E-state index in [0.717, 1.165) is 34.1 Å². The fourth-order valence-electron chi connectivity index (χ4n) is 5.01. The largest absolute Gasteiger partial charge is 0.457 e. The standard InChI is InChI=1S/C33H39N5O6/c1-9-34-21-11-10-12-24(17-21)42-23-15-13-22(14-16-23)37-25-18-41-20(2)26(25)27-28(37)29(36-19-35-27)38(30(39)43-32(3,4)5)31(40)44-33(6,7)8/h10-17,19-20,34H,9,18H2,1-8H3. The number of hydrogen-bond donors (Lipinski definition) is 1. The molecular weight excluding hydrogens is 562 g/mol. The molecule has 5 rings (SSSR count). The Morgan fingerprint density at radius 2 is 1.64 bits per heavy atom. The van der Waals surface area contributed by atoms with Crippen molar-refractivity contribution in [3.63, 3.8) is 0 Å². The molecule has 4 aromatic rings. The molecule has 1 aliphatic rings. The molecule has 0 saturated heterocycles. The SMILES string of the molecule is CCNc1cccc(Oc2ccc(-n3c4c(c5ncnc(N(C(=O)OC(C)(C)C)C(=O)OC(C)(C)C)c53)C(C)OC4)cc2)c1. The number of carbonyl (C=O) groups excluding carboxylic acids is 2. The predicted molar refractivity (Wildman–Crippen MR) is 168 cm³/mol. The topological polar surface area (TPSA) is 117 Å². The van der Waals surface area contributed by atoms with E-state index in [1.54, 1.807) is 41.5 Å². The van der Waals surface area contributed by atoms with Gasteiger partial charge in [-0.15, -0.1) is 0 Å². The normalized spacial score (nSPS) is 14.7. The van der Waals surface area contributed by atoms with E-state index in [4.69, 9.17) is 18.9 Å². The minimum absolute atomic E-state index is 0.0423. The molecule has 0 bridgehead atoms. The monoisotopic (exact) mass is 601 g/mol. The molecule has 11 nitrogen and oxygen atoms in total. The maximum Gasteiger partial charge on any atom is 0.425 e. The van der Waals surface area contributed by atoms with Crippen molar-refractivity contribution in [3.05, 3.63) is 66.1 Å². The van der Waals surface area contributed by atoms with E-state index in [0.29, 0.717) is 29.1 Å². The Kier molecular flexibility index (Phi) is 8.26. The molecule has 3 heterocycles. The summed E-state index contributed by atoms with van der Waals surface area (Å²) in [5.41, 5.74) is 2.68. The molecule has 2 amide bonds. The van der Waals surface area contributed by atoms with Crippen LogP contribution in [0.4, 0.5) is 21.1 Å². The first-order valence-corrected chi connectivity index (χ1v) is 14.6. The summed E-state index contributed by atoms with van der Waals surface area (Å²) < 4.78 is 25.3. The second-order valence-electron chi connectivity index (χ2n) is 12.5. The van der Waals surface area contributed by atoms with Gasteiger partial charge in [0, 0.05) is 29.5 Å². The predicted octanol–water partition coefficient (Wildman–Crippen LogP) is 7.91. The number of rotatable bonds is 6. The van der Waals surface area contributed by atoms with Gasteiger partial charge in [0.15, 0.2) is 5.82 Å². The van der Waals surface area contributed by atoms with Crippen molar-refractivity contribution in [2.75, 3.05) is 16.8 Å². The summed E-state index contributed by atoms with van der Waals surface area (Å²) >= 11 is 0. The van der Waals surface area contributed by atoms with Crippen molar-refractivity contribution in [2.45, 2.75) is 79.3 Å². The first kappa shape index (κ1) is 30.8. The minimum Gasteiger partial charge on any atom is -0.457 e. The Labute approximate surface area is 257 Å². The van der Waals surface area contributed by atoms with E-state index in [9.17, 15) is 9.59 Å². The summed E-state index contributed by atoms with van der Waals surface area (Å²) in [6, 6.07) is 15.3. The van der Waals surface area contributed by atoms with E-state index in [2.05, 4.69) is 15.3 Å². The summed E-state index contributed by atoms with van der Waals surface area (Å²) in [5.74, 6) is 1.38. The highest BCUT2D eigenvalue weighted by Crippen LogP contribution is 2.42. The molecule has 2 aromatic heterocycles.